The number of alkyl halides is 2. The normalized spacial score (nSPS) is 11.7. The van der Waals surface area contributed by atoms with Gasteiger partial charge in [0.2, 0.25) is 5.82 Å². The maximum Gasteiger partial charge on any atom is 0.334 e. The number of nitrogens with zero attached hydrogens (tertiary/aromatic N) is 6. The molecule has 0 bridgehead atoms. The van der Waals surface area contributed by atoms with Gasteiger partial charge in [-0.2, -0.15) is 24.4 Å². The molecule has 29 heavy (non-hydrogen) atoms. The van der Waals surface area contributed by atoms with Crippen molar-refractivity contribution in [3.63, 3.8) is 0 Å². The molecule has 1 aromatic carbocycles. The van der Waals surface area contributed by atoms with Crippen molar-refractivity contribution in [2.24, 2.45) is 0 Å². The number of hydrogen-bond donors (Lipinski definition) is 1. The summed E-state index contributed by atoms with van der Waals surface area (Å²) >= 11 is 0. The summed E-state index contributed by atoms with van der Waals surface area (Å²) in [4.78, 5) is 0. The van der Waals surface area contributed by atoms with Gasteiger partial charge < -0.3 is 0 Å². The smallest absolute Gasteiger partial charge is 0.265 e. The topological polar surface area (TPSA) is 96.1 Å². The monoisotopic (exact) mass is 395 g/mol. The molecule has 148 valence electrons. The van der Waals surface area contributed by atoms with E-state index in [0.29, 0.717) is 17.8 Å². The van der Waals surface area contributed by atoms with Gasteiger partial charge >= 0.3 is 5.92 Å². The van der Waals surface area contributed by atoms with Crippen LogP contribution in [0.5, 0.6) is 0 Å². The van der Waals surface area contributed by atoms with Crippen LogP contribution >= 0.6 is 0 Å². The van der Waals surface area contributed by atoms with Crippen molar-refractivity contribution < 1.29 is 8.78 Å². The number of H-pyrrole nitrogens is 1. The fourth-order valence-electron chi connectivity index (χ4n) is 2.97. The minimum atomic E-state index is -3.43. The van der Waals surface area contributed by atoms with Crippen molar-refractivity contribution in [2.45, 2.75) is 33.2 Å². The average Bonchev–Trinajstić information content (AvgIpc) is 3.32. The fraction of sp³-hybridized carbons (Fsp3) is 0.250. The Hall–Kier alpha value is -3.67. The van der Waals surface area contributed by atoms with Crippen LogP contribution in [-0.2, 0) is 12.5 Å². The molecule has 2 heterocycles. The van der Waals surface area contributed by atoms with Gasteiger partial charge in [0, 0.05) is 16.8 Å². The number of nitriles is 1. The van der Waals surface area contributed by atoms with Crippen LogP contribution in [0, 0.1) is 32.1 Å². The highest BCUT2D eigenvalue weighted by atomic mass is 19.3. The second-order valence-electron chi connectivity index (χ2n) is 6.61. The second-order valence-corrected chi connectivity index (χ2v) is 6.61. The minimum absolute atomic E-state index is 0.456. The third-order valence-electron chi connectivity index (χ3n) is 4.80. The second kappa shape index (κ2) is 7.75. The molecule has 0 saturated heterocycles. The van der Waals surface area contributed by atoms with Gasteiger partial charge in [-0.1, -0.05) is 30.9 Å². The zero-order valence-corrected chi connectivity index (χ0v) is 16.2. The first kappa shape index (κ1) is 20.1. The molecule has 0 atom stereocenters. The molecule has 0 aliphatic rings. The SMILES string of the molecule is C=C(/C=C\c1c(C)nn(Cc2cccc(C#N)c2C)c1C)C(F)(F)c1nn[nH]n1. The van der Waals surface area contributed by atoms with E-state index in [2.05, 4.69) is 33.2 Å². The number of aryl methyl sites for hydroxylation is 1. The van der Waals surface area contributed by atoms with Crippen LogP contribution in [0.25, 0.3) is 6.08 Å². The molecule has 0 saturated carbocycles. The molecule has 0 fully saturated rings. The molecule has 7 nitrogen and oxygen atoms in total. The Labute approximate surface area is 166 Å². The summed E-state index contributed by atoms with van der Waals surface area (Å²) in [7, 11) is 0. The van der Waals surface area contributed by atoms with Crippen LogP contribution in [0.3, 0.4) is 0 Å². The zero-order chi connectivity index (χ0) is 21.2. The van der Waals surface area contributed by atoms with Crippen LogP contribution in [0.15, 0.2) is 36.4 Å². The van der Waals surface area contributed by atoms with Crippen LogP contribution in [0.2, 0.25) is 0 Å². The molecule has 0 unspecified atom stereocenters. The Balaban J connectivity index is 1.86. The maximum atomic E-state index is 14.3. The predicted molar refractivity (Wildman–Crippen MR) is 103 cm³/mol. The molecule has 0 spiro atoms. The van der Waals surface area contributed by atoms with Gasteiger partial charge in [-0.25, -0.2) is 0 Å². The molecule has 1 N–H and O–H groups in total. The number of aromatic amines is 1. The number of allylic oxidation sites excluding steroid dienone is 2. The first-order valence-electron chi connectivity index (χ1n) is 8.77. The van der Waals surface area contributed by atoms with E-state index in [1.54, 1.807) is 16.8 Å². The highest BCUT2D eigenvalue weighted by Gasteiger charge is 2.38. The van der Waals surface area contributed by atoms with Crippen molar-refractivity contribution in [1.82, 2.24) is 30.4 Å². The average molecular weight is 395 g/mol. The number of nitrogens with one attached hydrogen (secondary N) is 1. The summed E-state index contributed by atoms with van der Waals surface area (Å²) in [5.41, 5.74) is 4.27. The van der Waals surface area contributed by atoms with E-state index in [4.69, 9.17) is 0 Å². The number of aromatic nitrogens is 6. The Morgan fingerprint density at radius 1 is 1.34 bits per heavy atom. The van der Waals surface area contributed by atoms with E-state index >= 15 is 0 Å². The summed E-state index contributed by atoms with van der Waals surface area (Å²) in [6, 6.07) is 7.71. The quantitative estimate of drug-likeness (QED) is 0.643. The molecule has 0 amide bonds. The van der Waals surface area contributed by atoms with E-state index in [-0.39, 0.29) is 0 Å². The van der Waals surface area contributed by atoms with Crippen LogP contribution in [0.4, 0.5) is 8.78 Å². The molecule has 0 aliphatic heterocycles. The number of benzene rings is 1. The van der Waals surface area contributed by atoms with Gasteiger partial charge in [-0.15, -0.1) is 10.2 Å². The standard InChI is InChI=1S/C20H19F2N7/c1-12(20(21,22)19-24-27-28-25-19)8-9-18-14(3)26-29(15(18)4)11-17-7-5-6-16(10-23)13(17)2/h5-9H,1,11H2,2-4H3,(H,24,25,27,28)/b9-8-. The van der Waals surface area contributed by atoms with E-state index in [1.165, 1.54) is 6.08 Å². The van der Waals surface area contributed by atoms with Gasteiger partial charge in [0.25, 0.3) is 0 Å². The van der Waals surface area contributed by atoms with Gasteiger partial charge in [-0.05, 0) is 43.2 Å². The Bertz CT molecular complexity index is 1120. The largest absolute Gasteiger partial charge is 0.334 e. The molecule has 3 aromatic rings. The van der Waals surface area contributed by atoms with Crippen molar-refractivity contribution in [2.75, 3.05) is 0 Å². The number of hydrogen-bond acceptors (Lipinski definition) is 5. The highest BCUT2D eigenvalue weighted by Crippen LogP contribution is 2.33. The summed E-state index contributed by atoms with van der Waals surface area (Å²) in [6.45, 7) is 9.48. The lowest BCUT2D eigenvalue weighted by molar-refractivity contribution is 0.0326. The summed E-state index contributed by atoms with van der Waals surface area (Å²) in [6.07, 6.45) is 2.79. The Morgan fingerprint density at radius 2 is 2.10 bits per heavy atom. The third kappa shape index (κ3) is 3.82. The van der Waals surface area contributed by atoms with Gasteiger partial charge in [0.05, 0.1) is 23.9 Å². The summed E-state index contributed by atoms with van der Waals surface area (Å²) in [5.74, 6) is -4.17. The van der Waals surface area contributed by atoms with Crippen molar-refractivity contribution in [3.8, 4) is 6.07 Å². The fourth-order valence-corrected chi connectivity index (χ4v) is 2.97. The van der Waals surface area contributed by atoms with Crippen LogP contribution in [0.1, 0.15) is 39.5 Å². The Morgan fingerprint density at radius 3 is 2.76 bits per heavy atom. The molecule has 9 heteroatoms. The first-order valence-corrected chi connectivity index (χ1v) is 8.77. The zero-order valence-electron chi connectivity index (χ0n) is 16.2. The van der Waals surface area contributed by atoms with Crippen LogP contribution in [-0.4, -0.2) is 30.4 Å². The predicted octanol–water partition coefficient (Wildman–Crippen LogP) is 3.60. The van der Waals surface area contributed by atoms with E-state index in [9.17, 15) is 14.0 Å². The number of halogens is 2. The summed E-state index contributed by atoms with van der Waals surface area (Å²) < 4.78 is 30.4. The van der Waals surface area contributed by atoms with Gasteiger partial charge in [-0.3, -0.25) is 4.68 Å². The molecule has 0 aliphatic carbocycles. The van der Waals surface area contributed by atoms with E-state index in [0.717, 1.165) is 22.4 Å². The van der Waals surface area contributed by atoms with Crippen molar-refractivity contribution in [1.29, 1.82) is 5.26 Å². The van der Waals surface area contributed by atoms with E-state index < -0.39 is 17.3 Å². The Kier molecular flexibility index (Phi) is 5.37. The molecular weight excluding hydrogens is 376 g/mol. The summed E-state index contributed by atoms with van der Waals surface area (Å²) in [5, 5.41) is 25.6. The highest BCUT2D eigenvalue weighted by molar-refractivity contribution is 5.58. The van der Waals surface area contributed by atoms with Crippen LogP contribution < -0.4 is 0 Å². The van der Waals surface area contributed by atoms with E-state index in [1.807, 2.05) is 38.1 Å². The lowest BCUT2D eigenvalue weighted by Gasteiger charge is -2.11. The third-order valence-corrected chi connectivity index (χ3v) is 4.80. The number of rotatable bonds is 6. The lowest BCUT2D eigenvalue weighted by atomic mass is 10.0. The molecule has 3 rings (SSSR count). The number of tetrazole rings is 1. The molecule has 2 aromatic heterocycles. The minimum Gasteiger partial charge on any atom is -0.265 e. The van der Waals surface area contributed by atoms with Gasteiger partial charge in [0.15, 0.2) is 0 Å². The first-order chi connectivity index (χ1) is 13.8. The van der Waals surface area contributed by atoms with Crippen molar-refractivity contribution >= 4 is 6.08 Å². The lowest BCUT2D eigenvalue weighted by Crippen LogP contribution is -2.17. The van der Waals surface area contributed by atoms with Gasteiger partial charge in [0.1, 0.15) is 0 Å². The molecule has 0 radical (unpaired) electrons. The molecular formula is C20H19F2N7. The van der Waals surface area contributed by atoms with Crippen molar-refractivity contribution in [3.05, 3.63) is 75.9 Å². The maximum absolute atomic E-state index is 14.3.